The van der Waals surface area contributed by atoms with Gasteiger partial charge in [0.05, 0.1) is 10.6 Å². The van der Waals surface area contributed by atoms with Crippen molar-refractivity contribution >= 4 is 15.9 Å². The molecule has 31 heavy (non-hydrogen) atoms. The summed E-state index contributed by atoms with van der Waals surface area (Å²) in [5, 5.41) is 10.3. The van der Waals surface area contributed by atoms with Crippen molar-refractivity contribution in [3.8, 4) is 5.75 Å². The van der Waals surface area contributed by atoms with Crippen LogP contribution in [-0.2, 0) is 14.8 Å². The Morgan fingerprint density at radius 2 is 1.68 bits per heavy atom. The number of carbonyl (C=O) groups is 1. The summed E-state index contributed by atoms with van der Waals surface area (Å²) in [4.78, 5) is 18.0. The summed E-state index contributed by atoms with van der Waals surface area (Å²) in [6.45, 7) is -2.29. The van der Waals surface area contributed by atoms with E-state index in [1.54, 1.807) is 18.2 Å². The first-order valence-corrected chi connectivity index (χ1v) is 10.8. The fraction of sp³-hybridized carbons (Fsp3) is 0.300. The molecule has 1 atom stereocenters. The highest BCUT2D eigenvalue weighted by Crippen LogP contribution is 2.31. The smallest absolute Gasteiger partial charge is 0.387 e. The number of amides is 1. The lowest BCUT2D eigenvalue weighted by Gasteiger charge is -2.24. The molecule has 0 saturated heterocycles. The number of pyridine rings is 1. The van der Waals surface area contributed by atoms with Crippen molar-refractivity contribution < 1.29 is 31.8 Å². The summed E-state index contributed by atoms with van der Waals surface area (Å²) in [5.41, 5.74) is 1.87. The van der Waals surface area contributed by atoms with Crippen LogP contribution in [0.15, 0.2) is 64.7 Å². The number of halogens is 2. The molecule has 0 aliphatic carbocycles. The van der Waals surface area contributed by atoms with Gasteiger partial charge in [0.25, 0.3) is 5.91 Å². The van der Waals surface area contributed by atoms with Gasteiger partial charge in [-0.1, -0.05) is 6.07 Å². The predicted octanol–water partition coefficient (Wildman–Crippen LogP) is 1.56. The molecule has 2 aliphatic heterocycles. The number of carbonyl (C=O) groups excluding carboxylic acids is 1. The molecule has 0 unspecified atom stereocenters. The molecule has 0 fully saturated rings. The molecule has 1 aromatic heterocycles. The molecule has 8 nitrogen and oxygen atoms in total. The topological polar surface area (TPSA) is 100 Å². The normalized spacial score (nSPS) is 17.9. The molecule has 1 aromatic carbocycles. The van der Waals surface area contributed by atoms with Gasteiger partial charge in [-0.15, -0.1) is 0 Å². The molecule has 1 amide bonds. The second-order valence-electron chi connectivity index (χ2n) is 7.18. The average molecular weight is 451 g/mol. The summed E-state index contributed by atoms with van der Waals surface area (Å²) in [5.74, 6) is -0.617. The third-order valence-corrected chi connectivity index (χ3v) is 7.00. The van der Waals surface area contributed by atoms with Gasteiger partial charge in [0, 0.05) is 32.4 Å². The molecule has 3 heterocycles. The zero-order valence-corrected chi connectivity index (χ0v) is 17.0. The highest BCUT2D eigenvalue weighted by atomic mass is 32.2. The number of aromatic nitrogens is 1. The number of rotatable bonds is 6. The van der Waals surface area contributed by atoms with E-state index in [0.29, 0.717) is 0 Å². The molecular formula is C20H19F2N3O5S. The van der Waals surface area contributed by atoms with Crippen LogP contribution in [0.1, 0.15) is 11.8 Å². The number of benzene rings is 1. The van der Waals surface area contributed by atoms with Gasteiger partial charge in [-0.05, 0) is 47.5 Å². The maximum Gasteiger partial charge on any atom is 0.387 e. The summed E-state index contributed by atoms with van der Waals surface area (Å²) >= 11 is 0. The van der Waals surface area contributed by atoms with Crippen molar-refractivity contribution in [2.45, 2.75) is 17.6 Å². The fourth-order valence-electron chi connectivity index (χ4n) is 3.65. The predicted molar refractivity (Wildman–Crippen MR) is 105 cm³/mol. The average Bonchev–Trinajstić information content (AvgIpc) is 3.33. The van der Waals surface area contributed by atoms with Gasteiger partial charge in [-0.2, -0.15) is 13.1 Å². The Morgan fingerprint density at radius 3 is 2.23 bits per heavy atom. The fourth-order valence-corrected chi connectivity index (χ4v) is 5.08. The third-order valence-electron chi connectivity index (χ3n) is 5.20. The van der Waals surface area contributed by atoms with Crippen molar-refractivity contribution in [1.82, 2.24) is 14.2 Å². The minimum absolute atomic E-state index is 0.0335. The van der Waals surface area contributed by atoms with E-state index in [9.17, 15) is 27.1 Å². The lowest BCUT2D eigenvalue weighted by molar-refractivity contribution is -0.139. The summed E-state index contributed by atoms with van der Waals surface area (Å²) in [7, 11) is -3.84. The maximum atomic E-state index is 12.9. The standard InChI is InChI=1S/C20H19F2N3O5S/c21-20(22)30-15-4-6-16(7-5-15)31(28,29)25-11-13-9-24(10-14(13)12-25)19(27)18(26)17-3-1-2-8-23-17/h1-8,18,20,26H,9-12H2/t18-/m0/s1. The highest BCUT2D eigenvalue weighted by Gasteiger charge is 2.39. The van der Waals surface area contributed by atoms with Crippen LogP contribution in [0.4, 0.5) is 8.78 Å². The van der Waals surface area contributed by atoms with Crippen molar-refractivity contribution in [2.75, 3.05) is 26.2 Å². The second kappa shape index (κ2) is 8.33. The number of ether oxygens (including phenoxy) is 1. The van der Waals surface area contributed by atoms with Gasteiger partial charge in [0.1, 0.15) is 5.75 Å². The van der Waals surface area contributed by atoms with E-state index in [1.807, 2.05) is 0 Å². The van der Waals surface area contributed by atoms with Crippen LogP contribution in [0.25, 0.3) is 0 Å². The molecule has 164 valence electrons. The number of hydrogen-bond acceptors (Lipinski definition) is 6. The molecule has 0 saturated carbocycles. The number of sulfonamides is 1. The Hall–Kier alpha value is -2.89. The zero-order chi connectivity index (χ0) is 22.2. The van der Waals surface area contributed by atoms with Gasteiger partial charge in [0.15, 0.2) is 6.10 Å². The lowest BCUT2D eigenvalue weighted by atomic mass is 10.2. The van der Waals surface area contributed by atoms with Crippen LogP contribution in [0.3, 0.4) is 0 Å². The molecule has 11 heteroatoms. The first-order valence-electron chi connectivity index (χ1n) is 9.38. The minimum Gasteiger partial charge on any atom is -0.435 e. The molecule has 0 radical (unpaired) electrons. The third kappa shape index (κ3) is 4.29. The number of nitrogens with zero attached hydrogens (tertiary/aromatic N) is 3. The lowest BCUT2D eigenvalue weighted by Crippen LogP contribution is -2.38. The van der Waals surface area contributed by atoms with E-state index in [1.165, 1.54) is 39.7 Å². The molecule has 2 aliphatic rings. The summed E-state index contributed by atoms with van der Waals surface area (Å²) in [6, 6.07) is 9.71. The maximum absolute atomic E-state index is 12.9. The highest BCUT2D eigenvalue weighted by molar-refractivity contribution is 7.89. The Bertz CT molecular complexity index is 1090. The molecule has 4 rings (SSSR count). The van der Waals surface area contributed by atoms with Crippen molar-refractivity contribution in [3.63, 3.8) is 0 Å². The quantitative estimate of drug-likeness (QED) is 0.670. The van der Waals surface area contributed by atoms with E-state index >= 15 is 0 Å². The second-order valence-corrected chi connectivity index (χ2v) is 9.12. The van der Waals surface area contributed by atoms with Gasteiger partial charge in [0.2, 0.25) is 10.0 Å². The van der Waals surface area contributed by atoms with E-state index in [-0.39, 0.29) is 42.5 Å². The van der Waals surface area contributed by atoms with Gasteiger partial charge in [-0.3, -0.25) is 9.78 Å². The SMILES string of the molecule is O=C([C@@H](O)c1ccccn1)N1CC2=C(C1)CN(S(=O)(=O)c1ccc(OC(F)F)cc1)C2. The van der Waals surface area contributed by atoms with Crippen molar-refractivity contribution in [3.05, 3.63) is 65.5 Å². The van der Waals surface area contributed by atoms with Crippen LogP contribution in [0.5, 0.6) is 5.75 Å². The molecule has 0 bridgehead atoms. The van der Waals surface area contributed by atoms with E-state index in [4.69, 9.17) is 0 Å². The molecular weight excluding hydrogens is 432 g/mol. The van der Waals surface area contributed by atoms with Crippen molar-refractivity contribution in [2.24, 2.45) is 0 Å². The summed E-state index contributed by atoms with van der Waals surface area (Å²) < 4.78 is 55.8. The Morgan fingerprint density at radius 1 is 1.03 bits per heavy atom. The molecule has 2 aromatic rings. The number of aliphatic hydroxyl groups excluding tert-OH is 1. The number of aliphatic hydroxyl groups is 1. The van der Waals surface area contributed by atoms with E-state index in [2.05, 4.69) is 9.72 Å². The van der Waals surface area contributed by atoms with Crippen LogP contribution in [0.2, 0.25) is 0 Å². The summed E-state index contributed by atoms with van der Waals surface area (Å²) in [6.07, 6.45) is 0.109. The number of alkyl halides is 2. The van der Waals surface area contributed by atoms with Gasteiger partial charge < -0.3 is 14.7 Å². The Labute approximate surface area is 177 Å². The largest absolute Gasteiger partial charge is 0.435 e. The minimum atomic E-state index is -3.84. The van der Waals surface area contributed by atoms with Gasteiger partial charge >= 0.3 is 6.61 Å². The first kappa shape index (κ1) is 21.3. The number of hydrogen-bond donors (Lipinski definition) is 1. The monoisotopic (exact) mass is 451 g/mol. The van der Waals surface area contributed by atoms with Crippen molar-refractivity contribution in [1.29, 1.82) is 0 Å². The van der Waals surface area contributed by atoms with Crippen LogP contribution in [0, 0.1) is 0 Å². The zero-order valence-electron chi connectivity index (χ0n) is 16.2. The molecule has 1 N–H and O–H groups in total. The first-order chi connectivity index (χ1) is 14.8. The van der Waals surface area contributed by atoms with Crippen LogP contribution in [-0.4, -0.2) is 66.4 Å². The van der Waals surface area contributed by atoms with E-state index in [0.717, 1.165) is 11.1 Å². The van der Waals surface area contributed by atoms with E-state index < -0.39 is 28.6 Å². The van der Waals surface area contributed by atoms with Crippen LogP contribution < -0.4 is 4.74 Å². The van der Waals surface area contributed by atoms with Gasteiger partial charge in [-0.25, -0.2) is 8.42 Å². The Kier molecular flexibility index (Phi) is 5.73. The van der Waals surface area contributed by atoms with Crippen LogP contribution >= 0.6 is 0 Å². The Balaban J connectivity index is 1.39. The molecule has 0 spiro atoms.